The molecule has 3 heterocycles. The number of hydrogen-bond acceptors (Lipinski definition) is 3. The van der Waals surface area contributed by atoms with E-state index >= 15 is 0 Å². The molecular formula is C13H16N2OS. The maximum atomic E-state index is 5.35. The van der Waals surface area contributed by atoms with Crippen molar-refractivity contribution in [3.63, 3.8) is 0 Å². The fourth-order valence-corrected chi connectivity index (χ4v) is 3.66. The van der Waals surface area contributed by atoms with E-state index in [2.05, 4.69) is 27.3 Å². The van der Waals surface area contributed by atoms with Crippen molar-refractivity contribution >= 4 is 17.3 Å². The normalized spacial score (nSPS) is 19.9. The summed E-state index contributed by atoms with van der Waals surface area (Å²) in [6, 6.07) is 3.99. The quantitative estimate of drug-likeness (QED) is 0.835. The number of ether oxygens (including phenoxy) is 1. The zero-order valence-electron chi connectivity index (χ0n) is 9.93. The van der Waals surface area contributed by atoms with Crippen LogP contribution in [0.15, 0.2) is 24.5 Å². The summed E-state index contributed by atoms with van der Waals surface area (Å²) >= 11 is 2.06. The Labute approximate surface area is 105 Å². The molecule has 17 heavy (non-hydrogen) atoms. The van der Waals surface area contributed by atoms with Crippen molar-refractivity contribution in [1.29, 1.82) is 0 Å². The molecule has 3 nitrogen and oxygen atoms in total. The minimum absolute atomic E-state index is 0.789. The zero-order chi connectivity index (χ0) is 11.7. The largest absolute Gasteiger partial charge is 0.494 e. The van der Waals surface area contributed by atoms with Gasteiger partial charge in [-0.2, -0.15) is 11.8 Å². The Bertz CT molecular complexity index is 517. The van der Waals surface area contributed by atoms with Crippen LogP contribution in [0.2, 0.25) is 0 Å². The maximum absolute atomic E-state index is 5.35. The fourth-order valence-electron chi connectivity index (χ4n) is 2.38. The molecule has 0 amide bonds. The maximum Gasteiger partial charge on any atom is 0.144 e. The summed E-state index contributed by atoms with van der Waals surface area (Å²) in [4.78, 5) is 4.54. The Balaban J connectivity index is 1.94. The van der Waals surface area contributed by atoms with Crippen LogP contribution in [0.1, 0.15) is 12.2 Å². The average Bonchev–Trinajstić information content (AvgIpc) is 2.99. The van der Waals surface area contributed by atoms with Crippen molar-refractivity contribution < 1.29 is 4.74 Å². The van der Waals surface area contributed by atoms with Crippen LogP contribution in [0.5, 0.6) is 5.75 Å². The van der Waals surface area contributed by atoms with Gasteiger partial charge in [0, 0.05) is 12.6 Å². The van der Waals surface area contributed by atoms with Gasteiger partial charge < -0.3 is 9.14 Å². The van der Waals surface area contributed by atoms with Crippen LogP contribution in [-0.4, -0.2) is 28.0 Å². The van der Waals surface area contributed by atoms with Crippen molar-refractivity contribution in [1.82, 2.24) is 9.38 Å². The van der Waals surface area contributed by atoms with E-state index in [9.17, 15) is 0 Å². The van der Waals surface area contributed by atoms with Crippen LogP contribution in [-0.2, 0) is 6.42 Å². The number of fused-ring (bicyclic) bond motifs is 1. The first kappa shape index (κ1) is 11.0. The molecule has 1 fully saturated rings. The van der Waals surface area contributed by atoms with Gasteiger partial charge in [0.15, 0.2) is 0 Å². The number of aromatic nitrogens is 2. The minimum Gasteiger partial charge on any atom is -0.494 e. The molecule has 0 spiro atoms. The second-order valence-electron chi connectivity index (χ2n) is 4.44. The Morgan fingerprint density at radius 3 is 3.29 bits per heavy atom. The smallest absolute Gasteiger partial charge is 0.144 e. The lowest BCUT2D eigenvalue weighted by atomic mass is 10.1. The fraction of sp³-hybridized carbons (Fsp3) is 0.462. The van der Waals surface area contributed by atoms with Gasteiger partial charge in [0.1, 0.15) is 17.1 Å². The van der Waals surface area contributed by atoms with E-state index < -0.39 is 0 Å². The van der Waals surface area contributed by atoms with Crippen LogP contribution >= 0.6 is 11.8 Å². The molecule has 3 rings (SSSR count). The van der Waals surface area contributed by atoms with E-state index in [4.69, 9.17) is 4.74 Å². The SMILES string of the molecule is COc1cccn2c(CC3CCSC3)ncc12. The number of rotatable bonds is 3. The number of pyridine rings is 1. The first-order valence-electron chi connectivity index (χ1n) is 5.95. The Morgan fingerprint density at radius 1 is 1.59 bits per heavy atom. The molecule has 2 aromatic heterocycles. The highest BCUT2D eigenvalue weighted by Crippen LogP contribution is 2.27. The molecule has 1 aliphatic heterocycles. The van der Waals surface area contributed by atoms with Gasteiger partial charge in [0.25, 0.3) is 0 Å². The van der Waals surface area contributed by atoms with Gasteiger partial charge in [-0.25, -0.2) is 4.98 Å². The van der Waals surface area contributed by atoms with E-state index in [1.165, 1.54) is 17.9 Å². The van der Waals surface area contributed by atoms with Crippen molar-refractivity contribution in [2.45, 2.75) is 12.8 Å². The van der Waals surface area contributed by atoms with Gasteiger partial charge in [0.05, 0.1) is 13.3 Å². The number of methoxy groups -OCH3 is 1. The highest BCUT2D eigenvalue weighted by atomic mass is 32.2. The third-order valence-electron chi connectivity index (χ3n) is 3.32. The second kappa shape index (κ2) is 4.61. The van der Waals surface area contributed by atoms with Crippen LogP contribution < -0.4 is 4.74 Å². The number of nitrogens with zero attached hydrogens (tertiary/aromatic N) is 2. The Morgan fingerprint density at radius 2 is 2.53 bits per heavy atom. The lowest BCUT2D eigenvalue weighted by Gasteiger charge is -2.08. The highest BCUT2D eigenvalue weighted by molar-refractivity contribution is 7.99. The molecule has 0 bridgehead atoms. The van der Waals surface area contributed by atoms with Gasteiger partial charge in [0.2, 0.25) is 0 Å². The van der Waals surface area contributed by atoms with E-state index in [0.717, 1.165) is 29.4 Å². The molecule has 1 unspecified atom stereocenters. The number of thioether (sulfide) groups is 1. The first-order chi connectivity index (χ1) is 8.38. The van der Waals surface area contributed by atoms with Gasteiger partial charge in [-0.1, -0.05) is 0 Å². The Kier molecular flexibility index (Phi) is 2.97. The van der Waals surface area contributed by atoms with Crippen molar-refractivity contribution in [3.8, 4) is 5.75 Å². The molecule has 1 saturated heterocycles. The van der Waals surface area contributed by atoms with Crippen LogP contribution in [0, 0.1) is 5.92 Å². The molecule has 4 heteroatoms. The average molecular weight is 248 g/mol. The summed E-state index contributed by atoms with van der Waals surface area (Å²) < 4.78 is 7.50. The molecular weight excluding hydrogens is 232 g/mol. The molecule has 90 valence electrons. The number of hydrogen-bond donors (Lipinski definition) is 0. The summed E-state index contributed by atoms with van der Waals surface area (Å²) in [5.74, 6) is 5.42. The van der Waals surface area contributed by atoms with Gasteiger partial charge >= 0.3 is 0 Å². The monoisotopic (exact) mass is 248 g/mol. The predicted molar refractivity (Wildman–Crippen MR) is 70.9 cm³/mol. The lowest BCUT2D eigenvalue weighted by Crippen LogP contribution is -2.06. The number of imidazole rings is 1. The van der Waals surface area contributed by atoms with Crippen LogP contribution in [0.25, 0.3) is 5.52 Å². The summed E-state index contributed by atoms with van der Waals surface area (Å²) in [6.45, 7) is 0. The zero-order valence-corrected chi connectivity index (χ0v) is 10.7. The van der Waals surface area contributed by atoms with Crippen molar-refractivity contribution in [2.75, 3.05) is 18.6 Å². The first-order valence-corrected chi connectivity index (χ1v) is 7.10. The summed E-state index contributed by atoms with van der Waals surface area (Å²) in [5, 5.41) is 0. The second-order valence-corrected chi connectivity index (χ2v) is 5.59. The summed E-state index contributed by atoms with van der Waals surface area (Å²) in [6.07, 6.45) is 6.39. The summed E-state index contributed by atoms with van der Waals surface area (Å²) in [7, 11) is 1.70. The molecule has 1 aliphatic rings. The molecule has 2 aromatic rings. The van der Waals surface area contributed by atoms with E-state index in [0.29, 0.717) is 0 Å². The third kappa shape index (κ3) is 2.02. The minimum atomic E-state index is 0.789. The third-order valence-corrected chi connectivity index (χ3v) is 4.56. The van der Waals surface area contributed by atoms with Crippen LogP contribution in [0.3, 0.4) is 0 Å². The lowest BCUT2D eigenvalue weighted by molar-refractivity contribution is 0.417. The van der Waals surface area contributed by atoms with Crippen molar-refractivity contribution in [3.05, 3.63) is 30.4 Å². The standard InChI is InChI=1S/C13H16N2OS/c1-16-12-3-2-5-15-11(12)8-14-13(15)7-10-4-6-17-9-10/h2-3,5,8,10H,4,6-7,9H2,1H3. The topological polar surface area (TPSA) is 26.5 Å². The summed E-state index contributed by atoms with van der Waals surface area (Å²) in [5.41, 5.74) is 1.07. The van der Waals surface area contributed by atoms with E-state index in [1.807, 2.05) is 18.3 Å². The van der Waals surface area contributed by atoms with Crippen molar-refractivity contribution in [2.24, 2.45) is 5.92 Å². The van der Waals surface area contributed by atoms with Gasteiger partial charge in [-0.3, -0.25) is 0 Å². The highest BCUT2D eigenvalue weighted by Gasteiger charge is 2.18. The molecule has 0 aliphatic carbocycles. The molecule has 1 atom stereocenters. The molecule has 0 N–H and O–H groups in total. The van der Waals surface area contributed by atoms with Crippen LogP contribution in [0.4, 0.5) is 0 Å². The van der Waals surface area contributed by atoms with Gasteiger partial charge in [-0.05, 0) is 36.0 Å². The molecule has 0 saturated carbocycles. The molecule has 0 radical (unpaired) electrons. The predicted octanol–water partition coefficient (Wildman–Crippen LogP) is 2.64. The Hall–Kier alpha value is -1.16. The van der Waals surface area contributed by atoms with E-state index in [-0.39, 0.29) is 0 Å². The van der Waals surface area contributed by atoms with Gasteiger partial charge in [-0.15, -0.1) is 0 Å². The van der Waals surface area contributed by atoms with E-state index in [1.54, 1.807) is 7.11 Å². The molecule has 0 aromatic carbocycles.